The number of hydrogen-bond donors (Lipinski definition) is 1. The van der Waals surface area contributed by atoms with Crippen LogP contribution >= 0.6 is 11.8 Å². The number of nitrogens with one attached hydrogen (secondary N) is 1. The molecule has 0 heterocycles. The lowest BCUT2D eigenvalue weighted by Crippen LogP contribution is -2.25. The molecule has 0 fully saturated rings. The number of thioether (sulfide) groups is 1. The number of hydrogen-bond acceptors (Lipinski definition) is 6. The number of non-ortho nitro benzene ring substituents is 1. The van der Waals surface area contributed by atoms with E-state index >= 15 is 0 Å². The minimum absolute atomic E-state index is 0.0142. The largest absolute Gasteiger partial charge is 0.545 e. The van der Waals surface area contributed by atoms with Gasteiger partial charge in [0.1, 0.15) is 0 Å². The first-order valence-electron chi connectivity index (χ1n) is 6.88. The molecule has 0 aliphatic heterocycles. The molecule has 124 valence electrons. The van der Waals surface area contributed by atoms with Crippen LogP contribution in [-0.2, 0) is 10.5 Å². The number of aromatic carboxylic acids is 1. The number of carbonyl (C=O) groups is 2. The topological polar surface area (TPSA) is 112 Å². The summed E-state index contributed by atoms with van der Waals surface area (Å²) < 4.78 is 0. The van der Waals surface area contributed by atoms with Crippen LogP contribution in [0.3, 0.4) is 0 Å². The zero-order valence-electron chi connectivity index (χ0n) is 12.4. The van der Waals surface area contributed by atoms with E-state index in [0.29, 0.717) is 5.75 Å². The van der Waals surface area contributed by atoms with Crippen LogP contribution < -0.4 is 10.4 Å². The summed E-state index contributed by atoms with van der Waals surface area (Å²) in [5, 5.41) is 24.1. The molecule has 0 bridgehead atoms. The van der Waals surface area contributed by atoms with Crippen LogP contribution in [0.15, 0.2) is 48.5 Å². The van der Waals surface area contributed by atoms with Crippen molar-refractivity contribution in [2.75, 3.05) is 11.1 Å². The van der Waals surface area contributed by atoms with Crippen LogP contribution in [0.4, 0.5) is 11.4 Å². The molecule has 0 aliphatic carbocycles. The Labute approximate surface area is 141 Å². The molecule has 2 aromatic carbocycles. The number of benzene rings is 2. The highest BCUT2D eigenvalue weighted by Gasteiger charge is 2.08. The molecule has 7 nitrogen and oxygen atoms in total. The molecule has 0 saturated carbocycles. The fraction of sp³-hybridized carbons (Fsp3) is 0.125. The maximum absolute atomic E-state index is 11.9. The van der Waals surface area contributed by atoms with Gasteiger partial charge in [0.2, 0.25) is 5.91 Å². The van der Waals surface area contributed by atoms with Gasteiger partial charge < -0.3 is 15.2 Å². The Morgan fingerprint density at radius 2 is 1.75 bits per heavy atom. The lowest BCUT2D eigenvalue weighted by molar-refractivity contribution is -0.384. The summed E-state index contributed by atoms with van der Waals surface area (Å²) in [7, 11) is 0. The Balaban J connectivity index is 1.85. The maximum atomic E-state index is 11.9. The first-order chi connectivity index (χ1) is 11.5. The molecule has 2 aromatic rings. The predicted molar refractivity (Wildman–Crippen MR) is 88.7 cm³/mol. The number of carboxylic acid groups (broad SMARTS) is 1. The van der Waals surface area contributed by atoms with Gasteiger partial charge in [0, 0.05) is 29.1 Å². The number of amides is 1. The summed E-state index contributed by atoms with van der Waals surface area (Å²) in [6, 6.07) is 12.1. The molecule has 0 radical (unpaired) electrons. The van der Waals surface area contributed by atoms with Gasteiger partial charge in [-0.25, -0.2) is 0 Å². The lowest BCUT2D eigenvalue weighted by Gasteiger charge is -2.11. The van der Waals surface area contributed by atoms with Gasteiger partial charge in [-0.2, -0.15) is 0 Å². The van der Waals surface area contributed by atoms with Crippen LogP contribution in [0.1, 0.15) is 15.9 Å². The molecule has 0 aromatic heterocycles. The standard InChI is InChI=1S/C16H14N2O5S/c19-15(17-14-4-2-1-3-13(14)16(20)21)10-24-9-11-5-7-12(8-6-11)18(22)23/h1-8H,9-10H2,(H,17,19)(H,20,21)/p-1. The van der Waals surface area contributed by atoms with Gasteiger partial charge >= 0.3 is 0 Å². The average Bonchev–Trinajstić information content (AvgIpc) is 2.55. The van der Waals surface area contributed by atoms with E-state index in [1.165, 1.54) is 36.0 Å². The number of carboxylic acids is 1. The molecule has 0 spiro atoms. The van der Waals surface area contributed by atoms with Crippen LogP contribution in [0, 0.1) is 10.1 Å². The molecule has 0 saturated heterocycles. The number of carbonyl (C=O) groups excluding carboxylic acids is 2. The molecule has 1 N–H and O–H groups in total. The van der Waals surface area contributed by atoms with E-state index in [1.54, 1.807) is 24.3 Å². The SMILES string of the molecule is O=C(CSCc1ccc([N+](=O)[O-])cc1)Nc1ccccc1C(=O)[O-]. The molecule has 8 heteroatoms. The summed E-state index contributed by atoms with van der Waals surface area (Å²) in [6.07, 6.45) is 0. The molecule has 24 heavy (non-hydrogen) atoms. The summed E-state index contributed by atoms with van der Waals surface area (Å²) in [5.74, 6) is -1.06. The van der Waals surface area contributed by atoms with Crippen molar-refractivity contribution in [3.8, 4) is 0 Å². The Morgan fingerprint density at radius 1 is 1.08 bits per heavy atom. The van der Waals surface area contributed by atoms with Crippen molar-refractivity contribution < 1.29 is 19.6 Å². The van der Waals surface area contributed by atoms with Crippen molar-refractivity contribution in [2.24, 2.45) is 0 Å². The van der Waals surface area contributed by atoms with Crippen LogP contribution in [-0.4, -0.2) is 22.6 Å². The summed E-state index contributed by atoms with van der Waals surface area (Å²) in [6.45, 7) is 0. The number of anilines is 1. The van der Waals surface area contributed by atoms with Crippen molar-refractivity contribution in [1.82, 2.24) is 0 Å². The summed E-state index contributed by atoms with van der Waals surface area (Å²) >= 11 is 1.32. The number of nitro benzene ring substituents is 1. The Morgan fingerprint density at radius 3 is 2.38 bits per heavy atom. The first kappa shape index (κ1) is 17.5. The molecular formula is C16H13N2O5S-. The molecule has 1 amide bonds. The third-order valence-electron chi connectivity index (χ3n) is 3.07. The average molecular weight is 345 g/mol. The molecule has 0 atom stereocenters. The quantitative estimate of drug-likeness (QED) is 0.605. The summed E-state index contributed by atoms with van der Waals surface area (Å²) in [5.41, 5.74) is 0.985. The van der Waals surface area contributed by atoms with E-state index in [4.69, 9.17) is 0 Å². The van der Waals surface area contributed by atoms with E-state index in [0.717, 1.165) is 5.56 Å². The smallest absolute Gasteiger partial charge is 0.269 e. The van der Waals surface area contributed by atoms with Crippen molar-refractivity contribution in [2.45, 2.75) is 5.75 Å². The van der Waals surface area contributed by atoms with Crippen molar-refractivity contribution in [3.63, 3.8) is 0 Å². The van der Waals surface area contributed by atoms with E-state index in [2.05, 4.69) is 5.32 Å². The Bertz CT molecular complexity index is 761. The lowest BCUT2D eigenvalue weighted by atomic mass is 10.2. The highest BCUT2D eigenvalue weighted by Crippen LogP contribution is 2.18. The first-order valence-corrected chi connectivity index (χ1v) is 8.04. The second-order valence-electron chi connectivity index (χ2n) is 4.80. The van der Waals surface area contributed by atoms with Gasteiger partial charge in [0.15, 0.2) is 0 Å². The highest BCUT2D eigenvalue weighted by atomic mass is 32.2. The van der Waals surface area contributed by atoms with Gasteiger partial charge in [0.25, 0.3) is 5.69 Å². The monoisotopic (exact) mass is 345 g/mol. The Hall–Kier alpha value is -2.87. The molecule has 0 unspecified atom stereocenters. The predicted octanol–water partition coefficient (Wildman–Crippen LogP) is 1.83. The number of nitrogens with zero attached hydrogens (tertiary/aromatic N) is 1. The number of para-hydroxylation sites is 1. The molecule has 2 rings (SSSR count). The third kappa shape index (κ3) is 4.82. The van der Waals surface area contributed by atoms with Gasteiger partial charge in [-0.1, -0.05) is 30.3 Å². The van der Waals surface area contributed by atoms with Crippen molar-refractivity contribution >= 4 is 35.0 Å². The van der Waals surface area contributed by atoms with Gasteiger partial charge in [-0.15, -0.1) is 11.8 Å². The van der Waals surface area contributed by atoms with Crippen LogP contribution in [0.5, 0.6) is 0 Å². The van der Waals surface area contributed by atoms with Gasteiger partial charge in [-0.3, -0.25) is 14.9 Å². The van der Waals surface area contributed by atoms with E-state index in [-0.39, 0.29) is 28.6 Å². The summed E-state index contributed by atoms with van der Waals surface area (Å²) in [4.78, 5) is 32.9. The van der Waals surface area contributed by atoms with E-state index in [9.17, 15) is 24.8 Å². The van der Waals surface area contributed by atoms with Gasteiger partial charge in [-0.05, 0) is 11.6 Å². The van der Waals surface area contributed by atoms with Crippen molar-refractivity contribution in [1.29, 1.82) is 0 Å². The Kier molecular flexibility index (Phi) is 5.91. The zero-order valence-corrected chi connectivity index (χ0v) is 13.2. The second-order valence-corrected chi connectivity index (χ2v) is 5.78. The minimum atomic E-state index is -1.36. The highest BCUT2D eigenvalue weighted by molar-refractivity contribution is 7.99. The normalized spacial score (nSPS) is 10.2. The second kappa shape index (κ2) is 8.11. The zero-order chi connectivity index (χ0) is 17.5. The number of rotatable bonds is 7. The minimum Gasteiger partial charge on any atom is -0.545 e. The third-order valence-corrected chi connectivity index (χ3v) is 4.07. The van der Waals surface area contributed by atoms with Crippen molar-refractivity contribution in [3.05, 3.63) is 69.8 Å². The molecular weight excluding hydrogens is 332 g/mol. The number of nitro groups is 1. The fourth-order valence-electron chi connectivity index (χ4n) is 1.93. The van der Waals surface area contributed by atoms with Crippen LogP contribution in [0.25, 0.3) is 0 Å². The maximum Gasteiger partial charge on any atom is 0.269 e. The van der Waals surface area contributed by atoms with Gasteiger partial charge in [0.05, 0.1) is 16.6 Å². The fourth-order valence-corrected chi connectivity index (χ4v) is 2.72. The van der Waals surface area contributed by atoms with E-state index < -0.39 is 10.9 Å². The molecule has 0 aliphatic rings. The van der Waals surface area contributed by atoms with Crippen LogP contribution in [0.2, 0.25) is 0 Å². The van der Waals surface area contributed by atoms with E-state index in [1.807, 2.05) is 0 Å².